The number of para-hydroxylation sites is 2. The van der Waals surface area contributed by atoms with Gasteiger partial charge in [-0.1, -0.05) is 12.1 Å². The standard InChI is InChI=1S/C14H8ClF3N2/c15-7-13-19-10-3-1-2-4-11(10)20(13)12-6-8(16)5-9(17)14(12)18/h1-6H,7H2. The number of hydrogen-bond acceptors (Lipinski definition) is 1. The summed E-state index contributed by atoms with van der Waals surface area (Å²) in [6, 6.07) is 8.31. The summed E-state index contributed by atoms with van der Waals surface area (Å²) < 4.78 is 42.0. The number of nitrogens with zero attached hydrogens (tertiary/aromatic N) is 2. The maximum Gasteiger partial charge on any atom is 0.183 e. The molecule has 0 aliphatic heterocycles. The fourth-order valence-corrected chi connectivity index (χ4v) is 2.32. The Hall–Kier alpha value is -2.01. The van der Waals surface area contributed by atoms with Gasteiger partial charge in [0.15, 0.2) is 11.6 Å². The van der Waals surface area contributed by atoms with E-state index in [1.165, 1.54) is 4.57 Å². The third-order valence-corrected chi connectivity index (χ3v) is 3.20. The summed E-state index contributed by atoms with van der Waals surface area (Å²) in [6.45, 7) is 0. The van der Waals surface area contributed by atoms with Crippen LogP contribution in [0, 0.1) is 17.5 Å². The first-order valence-electron chi connectivity index (χ1n) is 5.79. The van der Waals surface area contributed by atoms with Crippen LogP contribution in [0.2, 0.25) is 0 Å². The van der Waals surface area contributed by atoms with Crippen LogP contribution in [0.15, 0.2) is 36.4 Å². The summed E-state index contributed by atoms with van der Waals surface area (Å²) in [5, 5.41) is 0. The molecule has 0 saturated heterocycles. The number of aromatic nitrogens is 2. The van der Waals surface area contributed by atoms with Gasteiger partial charge in [0.2, 0.25) is 0 Å². The fraction of sp³-hybridized carbons (Fsp3) is 0.0714. The first-order chi connectivity index (χ1) is 9.61. The van der Waals surface area contributed by atoms with Crippen molar-refractivity contribution >= 4 is 22.6 Å². The molecule has 1 aromatic heterocycles. The van der Waals surface area contributed by atoms with Crippen molar-refractivity contribution in [2.24, 2.45) is 0 Å². The third-order valence-electron chi connectivity index (χ3n) is 2.96. The molecule has 0 fully saturated rings. The molecule has 20 heavy (non-hydrogen) atoms. The van der Waals surface area contributed by atoms with Crippen LogP contribution >= 0.6 is 11.6 Å². The Morgan fingerprint density at radius 3 is 2.60 bits per heavy atom. The topological polar surface area (TPSA) is 17.8 Å². The molecule has 6 heteroatoms. The molecule has 0 aliphatic rings. The van der Waals surface area contributed by atoms with Gasteiger partial charge in [-0.2, -0.15) is 0 Å². The van der Waals surface area contributed by atoms with Gasteiger partial charge in [0, 0.05) is 12.1 Å². The molecule has 102 valence electrons. The largest absolute Gasteiger partial charge is 0.292 e. The van der Waals surface area contributed by atoms with Crippen molar-refractivity contribution in [1.29, 1.82) is 0 Å². The number of halogens is 4. The second-order valence-electron chi connectivity index (χ2n) is 4.21. The molecule has 0 radical (unpaired) electrons. The van der Waals surface area contributed by atoms with Crippen molar-refractivity contribution in [2.75, 3.05) is 0 Å². The highest BCUT2D eigenvalue weighted by Gasteiger charge is 2.18. The first kappa shape index (κ1) is 13.0. The average Bonchev–Trinajstić information content (AvgIpc) is 2.81. The maximum atomic E-state index is 14.0. The molecule has 0 bridgehead atoms. The summed E-state index contributed by atoms with van der Waals surface area (Å²) in [5.41, 5.74) is 0.867. The van der Waals surface area contributed by atoms with Crippen molar-refractivity contribution in [1.82, 2.24) is 9.55 Å². The zero-order valence-electron chi connectivity index (χ0n) is 10.1. The summed E-state index contributed by atoms with van der Waals surface area (Å²) >= 11 is 5.79. The van der Waals surface area contributed by atoms with Gasteiger partial charge < -0.3 is 0 Å². The van der Waals surface area contributed by atoms with Crippen LogP contribution < -0.4 is 0 Å². The predicted octanol–water partition coefficient (Wildman–Crippen LogP) is 4.18. The minimum absolute atomic E-state index is 0.00769. The molecule has 2 aromatic carbocycles. The van der Waals surface area contributed by atoms with E-state index in [9.17, 15) is 13.2 Å². The summed E-state index contributed by atoms with van der Waals surface area (Å²) in [6.07, 6.45) is 0. The lowest BCUT2D eigenvalue weighted by molar-refractivity contribution is 0.490. The van der Waals surface area contributed by atoms with E-state index in [1.54, 1.807) is 24.3 Å². The molecule has 0 saturated carbocycles. The van der Waals surface area contributed by atoms with Crippen LogP contribution in [-0.4, -0.2) is 9.55 Å². The number of benzene rings is 2. The van der Waals surface area contributed by atoms with Crippen molar-refractivity contribution < 1.29 is 13.2 Å². The molecule has 2 nitrogen and oxygen atoms in total. The Bertz CT molecular complexity index is 798. The molecule has 1 heterocycles. The lowest BCUT2D eigenvalue weighted by atomic mass is 10.2. The van der Waals surface area contributed by atoms with Crippen LogP contribution in [-0.2, 0) is 5.88 Å². The molecular weight excluding hydrogens is 289 g/mol. The van der Waals surface area contributed by atoms with Crippen LogP contribution in [0.3, 0.4) is 0 Å². The van der Waals surface area contributed by atoms with E-state index in [-0.39, 0.29) is 11.6 Å². The Morgan fingerprint density at radius 1 is 1.10 bits per heavy atom. The smallest absolute Gasteiger partial charge is 0.183 e. The van der Waals surface area contributed by atoms with Crippen LogP contribution in [0.4, 0.5) is 13.2 Å². The zero-order valence-corrected chi connectivity index (χ0v) is 10.8. The van der Waals surface area contributed by atoms with Crippen LogP contribution in [0.5, 0.6) is 0 Å². The van der Waals surface area contributed by atoms with Crippen molar-refractivity contribution in [3.8, 4) is 5.69 Å². The lowest BCUT2D eigenvalue weighted by Gasteiger charge is -2.09. The molecule has 0 N–H and O–H groups in total. The zero-order chi connectivity index (χ0) is 14.3. The monoisotopic (exact) mass is 296 g/mol. The van der Waals surface area contributed by atoms with Gasteiger partial charge in [0.1, 0.15) is 11.6 Å². The number of rotatable bonds is 2. The van der Waals surface area contributed by atoms with Gasteiger partial charge in [-0.15, -0.1) is 11.6 Å². The number of hydrogen-bond donors (Lipinski definition) is 0. The fourth-order valence-electron chi connectivity index (χ4n) is 2.14. The van der Waals surface area contributed by atoms with E-state index in [0.717, 1.165) is 6.07 Å². The Morgan fingerprint density at radius 2 is 1.85 bits per heavy atom. The molecule has 3 aromatic rings. The molecular formula is C14H8ClF3N2. The Kier molecular flexibility index (Phi) is 3.14. The Labute approximate surface area is 117 Å². The lowest BCUT2D eigenvalue weighted by Crippen LogP contribution is -2.04. The molecule has 3 rings (SSSR count). The summed E-state index contributed by atoms with van der Waals surface area (Å²) in [5.74, 6) is -2.94. The van der Waals surface area contributed by atoms with Gasteiger partial charge in [-0.25, -0.2) is 18.2 Å². The first-order valence-corrected chi connectivity index (χ1v) is 6.32. The van der Waals surface area contributed by atoms with E-state index in [4.69, 9.17) is 11.6 Å². The molecule has 0 atom stereocenters. The van der Waals surface area contributed by atoms with Crippen molar-refractivity contribution in [3.05, 3.63) is 59.7 Å². The quantitative estimate of drug-likeness (QED) is 0.512. The van der Waals surface area contributed by atoms with Crippen molar-refractivity contribution in [3.63, 3.8) is 0 Å². The molecule has 0 unspecified atom stereocenters. The SMILES string of the molecule is Fc1cc(F)c(F)c(-n2c(CCl)nc3ccccc32)c1. The van der Waals surface area contributed by atoms with Gasteiger partial charge in [-0.05, 0) is 12.1 Å². The Balaban J connectivity index is 2.39. The highest BCUT2D eigenvalue weighted by molar-refractivity contribution is 6.17. The molecule has 0 spiro atoms. The van der Waals surface area contributed by atoms with Gasteiger partial charge >= 0.3 is 0 Å². The predicted molar refractivity (Wildman–Crippen MR) is 70.5 cm³/mol. The van der Waals surface area contributed by atoms with Gasteiger partial charge in [0.05, 0.1) is 22.6 Å². The summed E-state index contributed by atoms with van der Waals surface area (Å²) in [7, 11) is 0. The summed E-state index contributed by atoms with van der Waals surface area (Å²) in [4.78, 5) is 4.23. The molecule has 0 aliphatic carbocycles. The third kappa shape index (κ3) is 1.94. The van der Waals surface area contributed by atoms with E-state index < -0.39 is 17.5 Å². The van der Waals surface area contributed by atoms with E-state index >= 15 is 0 Å². The highest BCUT2D eigenvalue weighted by atomic mass is 35.5. The second kappa shape index (κ2) is 4.83. The van der Waals surface area contributed by atoms with Gasteiger partial charge in [-0.3, -0.25) is 4.57 Å². The minimum atomic E-state index is -1.25. The van der Waals surface area contributed by atoms with E-state index in [0.29, 0.717) is 22.9 Å². The number of fused-ring (bicyclic) bond motifs is 1. The maximum absolute atomic E-state index is 14.0. The van der Waals surface area contributed by atoms with Gasteiger partial charge in [0.25, 0.3) is 0 Å². The van der Waals surface area contributed by atoms with Crippen LogP contribution in [0.1, 0.15) is 5.82 Å². The van der Waals surface area contributed by atoms with E-state index in [1.807, 2.05) is 0 Å². The second-order valence-corrected chi connectivity index (χ2v) is 4.47. The van der Waals surface area contributed by atoms with Crippen LogP contribution in [0.25, 0.3) is 16.7 Å². The van der Waals surface area contributed by atoms with Crippen molar-refractivity contribution in [2.45, 2.75) is 5.88 Å². The minimum Gasteiger partial charge on any atom is -0.292 e. The average molecular weight is 297 g/mol. The highest BCUT2D eigenvalue weighted by Crippen LogP contribution is 2.26. The normalized spacial score (nSPS) is 11.2. The number of imidazole rings is 1. The van der Waals surface area contributed by atoms with E-state index in [2.05, 4.69) is 4.98 Å². The molecule has 0 amide bonds. The number of alkyl halides is 1.